The molecule has 1 aromatic rings. The number of halogens is 2. The van der Waals surface area contributed by atoms with E-state index >= 15 is 0 Å². The van der Waals surface area contributed by atoms with Crippen molar-refractivity contribution < 1.29 is 23.4 Å². The average molecular weight is 298 g/mol. The average Bonchev–Trinajstić information content (AvgIpc) is 2.45. The van der Waals surface area contributed by atoms with Gasteiger partial charge in [-0.25, -0.2) is 14.2 Å². The van der Waals surface area contributed by atoms with Crippen LogP contribution in [0, 0.1) is 11.6 Å². The minimum Gasteiger partial charge on any atom is -0.328 e. The van der Waals surface area contributed by atoms with Crippen LogP contribution in [0.4, 0.5) is 8.78 Å². The molecule has 0 aromatic heterocycles. The van der Waals surface area contributed by atoms with Crippen LogP contribution in [0.25, 0.3) is 0 Å². The number of nitrogens with one attached hydrogen (secondary N) is 3. The van der Waals surface area contributed by atoms with E-state index in [1.165, 1.54) is 22.1 Å². The third kappa shape index (κ3) is 4.87. The molecular formula is C14H20F2N4O+2. The Kier molecular flexibility index (Phi) is 5.35. The van der Waals surface area contributed by atoms with Crippen LogP contribution in [0.15, 0.2) is 23.3 Å². The summed E-state index contributed by atoms with van der Waals surface area (Å²) in [5.41, 5.74) is 2.80. The second-order valence-electron chi connectivity index (χ2n) is 5.35. The minimum absolute atomic E-state index is 0.177. The maximum Gasteiger partial charge on any atom is 0.295 e. The van der Waals surface area contributed by atoms with Crippen LogP contribution in [0.5, 0.6) is 0 Å². The van der Waals surface area contributed by atoms with E-state index in [1.807, 2.05) is 0 Å². The second kappa shape index (κ2) is 7.24. The third-order valence-electron chi connectivity index (χ3n) is 3.57. The maximum atomic E-state index is 13.0. The van der Waals surface area contributed by atoms with Crippen molar-refractivity contribution in [3.8, 4) is 0 Å². The first-order valence-corrected chi connectivity index (χ1v) is 6.96. The fourth-order valence-electron chi connectivity index (χ4n) is 2.25. The molecule has 0 saturated carbocycles. The monoisotopic (exact) mass is 298 g/mol. The predicted octanol–water partition coefficient (Wildman–Crippen LogP) is -2.17. The summed E-state index contributed by atoms with van der Waals surface area (Å²) in [6.45, 7) is 4.42. The van der Waals surface area contributed by atoms with Gasteiger partial charge in [-0.2, -0.15) is 5.10 Å². The molecule has 1 aliphatic heterocycles. The van der Waals surface area contributed by atoms with Crippen molar-refractivity contribution in [2.45, 2.75) is 0 Å². The van der Waals surface area contributed by atoms with Crippen molar-refractivity contribution in [3.63, 3.8) is 0 Å². The Morgan fingerprint density at radius 2 is 2.00 bits per heavy atom. The van der Waals surface area contributed by atoms with Gasteiger partial charge in [0.1, 0.15) is 26.2 Å². The molecule has 1 amide bonds. The van der Waals surface area contributed by atoms with Crippen molar-refractivity contribution in [2.75, 3.05) is 39.8 Å². The molecule has 1 saturated heterocycles. The van der Waals surface area contributed by atoms with Crippen LogP contribution < -0.4 is 15.2 Å². The number of carbonyl (C=O) groups excluding carboxylic acids is 1. The quantitative estimate of drug-likeness (QED) is 0.430. The molecule has 0 atom stereocenters. The van der Waals surface area contributed by atoms with Crippen molar-refractivity contribution in [2.24, 2.45) is 5.10 Å². The highest BCUT2D eigenvalue weighted by Gasteiger charge is 2.21. The number of hydrazone groups is 1. The molecule has 1 fully saturated rings. The standard InChI is InChI=1S/C14H18F2N4O/c1-19-4-6-20(7-5-19)10-14(21)18-17-9-11-2-3-12(15)13(16)8-11/h2-3,8-9H,4-7,10H2,1H3,(H,18,21)/p+2/b17-9-. The number of amides is 1. The lowest BCUT2D eigenvalue weighted by atomic mass is 10.2. The topological polar surface area (TPSA) is 50.3 Å². The fourth-order valence-corrected chi connectivity index (χ4v) is 2.25. The summed E-state index contributed by atoms with van der Waals surface area (Å²) < 4.78 is 25.7. The molecule has 7 heteroatoms. The van der Waals surface area contributed by atoms with Gasteiger partial charge in [0.05, 0.1) is 13.3 Å². The molecule has 21 heavy (non-hydrogen) atoms. The molecule has 114 valence electrons. The van der Waals surface area contributed by atoms with E-state index < -0.39 is 11.6 Å². The van der Waals surface area contributed by atoms with Crippen molar-refractivity contribution in [1.82, 2.24) is 5.43 Å². The number of benzene rings is 1. The SMILES string of the molecule is C[NH+]1CC[NH+](CC(=O)N/N=C\c2ccc(F)c(F)c2)CC1. The number of carbonyl (C=O) groups is 1. The number of hydrogen-bond donors (Lipinski definition) is 3. The van der Waals surface area contributed by atoms with Crippen molar-refractivity contribution in [3.05, 3.63) is 35.4 Å². The third-order valence-corrected chi connectivity index (χ3v) is 3.57. The zero-order valence-electron chi connectivity index (χ0n) is 12.0. The molecule has 0 spiro atoms. The van der Waals surface area contributed by atoms with Crippen LogP contribution in [0.2, 0.25) is 0 Å². The smallest absolute Gasteiger partial charge is 0.295 e. The number of piperazine rings is 1. The molecule has 1 aromatic carbocycles. The van der Waals surface area contributed by atoms with E-state index in [2.05, 4.69) is 17.6 Å². The molecule has 0 bridgehead atoms. The molecule has 1 heterocycles. The normalized spacial score (nSPS) is 22.4. The maximum absolute atomic E-state index is 13.0. The van der Waals surface area contributed by atoms with Gasteiger partial charge < -0.3 is 9.80 Å². The zero-order chi connectivity index (χ0) is 15.2. The first kappa shape index (κ1) is 15.5. The van der Waals surface area contributed by atoms with Crippen molar-refractivity contribution >= 4 is 12.1 Å². The summed E-state index contributed by atoms with van der Waals surface area (Å²) in [7, 11) is 2.14. The molecule has 0 aliphatic carbocycles. The number of nitrogens with zero attached hydrogens (tertiary/aromatic N) is 1. The Morgan fingerprint density at radius 1 is 1.29 bits per heavy atom. The van der Waals surface area contributed by atoms with Crippen LogP contribution >= 0.6 is 0 Å². The number of rotatable bonds is 4. The number of quaternary nitrogens is 2. The molecule has 3 N–H and O–H groups in total. The summed E-state index contributed by atoms with van der Waals surface area (Å²) in [6.07, 6.45) is 1.30. The van der Waals surface area contributed by atoms with Crippen LogP contribution in [-0.4, -0.2) is 51.9 Å². The Balaban J connectivity index is 1.78. The van der Waals surface area contributed by atoms with E-state index in [1.54, 1.807) is 0 Å². The Bertz CT molecular complexity index is 528. The Labute approximate surface area is 122 Å². The van der Waals surface area contributed by atoms with Gasteiger partial charge in [0.25, 0.3) is 5.91 Å². The van der Waals surface area contributed by atoms with Gasteiger partial charge in [-0.1, -0.05) is 6.07 Å². The lowest BCUT2D eigenvalue weighted by molar-refractivity contribution is -1.000. The lowest BCUT2D eigenvalue weighted by Crippen LogP contribution is -3.27. The van der Waals surface area contributed by atoms with E-state index in [0.717, 1.165) is 38.3 Å². The molecule has 0 unspecified atom stereocenters. The summed E-state index contributed by atoms with van der Waals surface area (Å²) in [5, 5.41) is 3.76. The summed E-state index contributed by atoms with van der Waals surface area (Å²) >= 11 is 0. The fraction of sp³-hybridized carbons (Fsp3) is 0.429. The second-order valence-corrected chi connectivity index (χ2v) is 5.35. The van der Waals surface area contributed by atoms with Gasteiger partial charge >= 0.3 is 0 Å². The van der Waals surface area contributed by atoms with Gasteiger partial charge in [0.15, 0.2) is 18.2 Å². The minimum atomic E-state index is -0.936. The van der Waals surface area contributed by atoms with Crippen LogP contribution in [0.1, 0.15) is 5.56 Å². The van der Waals surface area contributed by atoms with Crippen LogP contribution in [-0.2, 0) is 4.79 Å². The first-order chi connectivity index (χ1) is 10.0. The molecule has 0 radical (unpaired) electrons. The van der Waals surface area contributed by atoms with Gasteiger partial charge in [-0.05, 0) is 17.7 Å². The van der Waals surface area contributed by atoms with E-state index in [0.29, 0.717) is 12.1 Å². The highest BCUT2D eigenvalue weighted by atomic mass is 19.2. The highest BCUT2D eigenvalue weighted by molar-refractivity contribution is 5.82. The Morgan fingerprint density at radius 3 is 2.67 bits per heavy atom. The Hall–Kier alpha value is -1.86. The highest BCUT2D eigenvalue weighted by Crippen LogP contribution is 2.06. The summed E-state index contributed by atoms with van der Waals surface area (Å²) in [5.74, 6) is -2.02. The van der Waals surface area contributed by atoms with Gasteiger partial charge in [-0.15, -0.1) is 0 Å². The molecular weight excluding hydrogens is 278 g/mol. The lowest BCUT2D eigenvalue weighted by Gasteiger charge is -2.26. The first-order valence-electron chi connectivity index (χ1n) is 6.96. The van der Waals surface area contributed by atoms with Gasteiger partial charge in [0, 0.05) is 0 Å². The predicted molar refractivity (Wildman–Crippen MR) is 74.3 cm³/mol. The van der Waals surface area contributed by atoms with Gasteiger partial charge in [0.2, 0.25) is 0 Å². The number of hydrogen-bond acceptors (Lipinski definition) is 2. The largest absolute Gasteiger partial charge is 0.328 e. The van der Waals surface area contributed by atoms with E-state index in [-0.39, 0.29) is 5.91 Å². The molecule has 2 rings (SSSR count). The number of likely N-dealkylation sites (N-methyl/N-ethyl adjacent to an activating group) is 1. The van der Waals surface area contributed by atoms with E-state index in [4.69, 9.17) is 0 Å². The van der Waals surface area contributed by atoms with E-state index in [9.17, 15) is 13.6 Å². The summed E-state index contributed by atoms with van der Waals surface area (Å²) in [6, 6.07) is 3.44. The summed E-state index contributed by atoms with van der Waals surface area (Å²) in [4.78, 5) is 14.4. The van der Waals surface area contributed by atoms with Gasteiger partial charge in [-0.3, -0.25) is 4.79 Å². The van der Waals surface area contributed by atoms with Crippen LogP contribution in [0.3, 0.4) is 0 Å². The molecule has 5 nitrogen and oxygen atoms in total. The zero-order valence-corrected chi connectivity index (χ0v) is 12.0. The van der Waals surface area contributed by atoms with Crippen molar-refractivity contribution in [1.29, 1.82) is 0 Å². The molecule has 1 aliphatic rings.